The van der Waals surface area contributed by atoms with Gasteiger partial charge in [0.2, 0.25) is 0 Å². The van der Waals surface area contributed by atoms with Crippen LogP contribution >= 0.6 is 0 Å². The third kappa shape index (κ3) is 3.74. The van der Waals surface area contributed by atoms with Crippen molar-refractivity contribution in [1.29, 1.82) is 0 Å². The van der Waals surface area contributed by atoms with Gasteiger partial charge in [0, 0.05) is 0 Å². The van der Waals surface area contributed by atoms with Crippen LogP contribution in [0.3, 0.4) is 0 Å². The molecule has 0 saturated heterocycles. The average molecular weight is 172 g/mol. The van der Waals surface area contributed by atoms with E-state index in [4.69, 9.17) is 5.11 Å². The fourth-order valence-electron chi connectivity index (χ4n) is 1.34. The summed E-state index contributed by atoms with van der Waals surface area (Å²) in [5.74, 6) is -0.853. The van der Waals surface area contributed by atoms with Gasteiger partial charge in [-0.25, -0.2) is 0 Å². The predicted molar refractivity (Wildman–Crippen MR) is 50.1 cm³/mol. The standard InChI is InChI=1S/C10H20O2/c1-5-6-7-8(9(11)12)10(2,3)4/h8H,5-7H2,1-4H3,(H,11,12)/t8-/m1/s1. The minimum atomic E-state index is -0.657. The van der Waals surface area contributed by atoms with Gasteiger partial charge in [0.1, 0.15) is 0 Å². The number of carbonyl (C=O) groups is 1. The highest BCUT2D eigenvalue weighted by Crippen LogP contribution is 2.30. The lowest BCUT2D eigenvalue weighted by Crippen LogP contribution is -2.28. The third-order valence-electron chi connectivity index (χ3n) is 2.19. The molecule has 0 rings (SSSR count). The van der Waals surface area contributed by atoms with E-state index >= 15 is 0 Å². The van der Waals surface area contributed by atoms with Crippen LogP contribution in [-0.4, -0.2) is 11.1 Å². The van der Waals surface area contributed by atoms with Crippen molar-refractivity contribution in [3.05, 3.63) is 0 Å². The fourth-order valence-corrected chi connectivity index (χ4v) is 1.34. The summed E-state index contributed by atoms with van der Waals surface area (Å²) in [6.07, 6.45) is 2.88. The first-order chi connectivity index (χ1) is 5.39. The largest absolute Gasteiger partial charge is 0.481 e. The van der Waals surface area contributed by atoms with Crippen molar-refractivity contribution in [2.75, 3.05) is 0 Å². The molecule has 1 N–H and O–H groups in total. The lowest BCUT2D eigenvalue weighted by Gasteiger charge is -2.26. The van der Waals surface area contributed by atoms with Crippen LogP contribution in [0.2, 0.25) is 0 Å². The van der Waals surface area contributed by atoms with Crippen LogP contribution in [0.25, 0.3) is 0 Å². The number of aliphatic carboxylic acids is 1. The van der Waals surface area contributed by atoms with Gasteiger partial charge in [-0.15, -0.1) is 0 Å². The summed E-state index contributed by atoms with van der Waals surface area (Å²) in [5.41, 5.74) is -0.110. The van der Waals surface area contributed by atoms with Crippen molar-refractivity contribution in [3.63, 3.8) is 0 Å². The third-order valence-corrected chi connectivity index (χ3v) is 2.19. The van der Waals surface area contributed by atoms with E-state index in [1.165, 1.54) is 0 Å². The Labute approximate surface area is 75.0 Å². The van der Waals surface area contributed by atoms with E-state index in [1.807, 2.05) is 20.8 Å². The van der Waals surface area contributed by atoms with E-state index in [0.29, 0.717) is 0 Å². The van der Waals surface area contributed by atoms with Gasteiger partial charge in [-0.1, -0.05) is 40.5 Å². The molecule has 2 nitrogen and oxygen atoms in total. The second-order valence-electron chi connectivity index (χ2n) is 4.40. The predicted octanol–water partition coefficient (Wildman–Crippen LogP) is 2.92. The molecule has 0 aromatic heterocycles. The molecule has 0 aliphatic carbocycles. The van der Waals surface area contributed by atoms with E-state index in [1.54, 1.807) is 0 Å². The number of hydrogen-bond acceptors (Lipinski definition) is 1. The van der Waals surface area contributed by atoms with Gasteiger partial charge >= 0.3 is 5.97 Å². The summed E-state index contributed by atoms with van der Waals surface area (Å²) in [6, 6.07) is 0. The molecular weight excluding hydrogens is 152 g/mol. The van der Waals surface area contributed by atoms with Gasteiger partial charge in [-0.05, 0) is 11.8 Å². The van der Waals surface area contributed by atoms with Crippen molar-refractivity contribution < 1.29 is 9.90 Å². The Kier molecular flexibility index (Phi) is 4.29. The van der Waals surface area contributed by atoms with Gasteiger partial charge in [-0.3, -0.25) is 4.79 Å². The molecule has 0 radical (unpaired) electrons. The van der Waals surface area contributed by atoms with Crippen molar-refractivity contribution >= 4 is 5.97 Å². The molecule has 0 aliphatic heterocycles. The first-order valence-corrected chi connectivity index (χ1v) is 4.62. The molecular formula is C10H20O2. The smallest absolute Gasteiger partial charge is 0.307 e. The summed E-state index contributed by atoms with van der Waals surface area (Å²) in [6.45, 7) is 8.05. The zero-order valence-corrected chi connectivity index (χ0v) is 8.55. The lowest BCUT2D eigenvalue weighted by molar-refractivity contribution is -0.145. The summed E-state index contributed by atoms with van der Waals surface area (Å²) >= 11 is 0. The molecule has 0 heterocycles. The van der Waals surface area contributed by atoms with Crippen molar-refractivity contribution in [3.8, 4) is 0 Å². The van der Waals surface area contributed by atoms with Crippen LogP contribution in [0.1, 0.15) is 47.0 Å². The van der Waals surface area contributed by atoms with Gasteiger partial charge in [0.05, 0.1) is 5.92 Å². The van der Waals surface area contributed by atoms with Gasteiger partial charge in [0.25, 0.3) is 0 Å². The fraction of sp³-hybridized carbons (Fsp3) is 0.900. The Morgan fingerprint density at radius 1 is 1.42 bits per heavy atom. The molecule has 2 heteroatoms. The molecule has 72 valence electrons. The molecule has 0 aromatic rings. The van der Waals surface area contributed by atoms with E-state index in [9.17, 15) is 4.79 Å². The SMILES string of the molecule is CCCC[C@H](C(=O)O)C(C)(C)C. The first-order valence-electron chi connectivity index (χ1n) is 4.62. The van der Waals surface area contributed by atoms with E-state index in [0.717, 1.165) is 19.3 Å². The molecule has 0 aromatic carbocycles. The maximum atomic E-state index is 10.9. The Morgan fingerprint density at radius 2 is 1.92 bits per heavy atom. The monoisotopic (exact) mass is 172 g/mol. The Balaban J connectivity index is 4.15. The summed E-state index contributed by atoms with van der Waals surface area (Å²) < 4.78 is 0. The zero-order chi connectivity index (χ0) is 9.78. The second kappa shape index (κ2) is 4.48. The quantitative estimate of drug-likeness (QED) is 0.708. The molecule has 1 atom stereocenters. The van der Waals surface area contributed by atoms with Crippen molar-refractivity contribution in [1.82, 2.24) is 0 Å². The molecule has 0 saturated carbocycles. The van der Waals surface area contributed by atoms with Gasteiger partial charge in [-0.2, -0.15) is 0 Å². The molecule has 0 bridgehead atoms. The van der Waals surface area contributed by atoms with Crippen LogP contribution in [0.15, 0.2) is 0 Å². The number of carboxylic acids is 1. The summed E-state index contributed by atoms with van der Waals surface area (Å²) in [5, 5.41) is 8.94. The van der Waals surface area contributed by atoms with Crippen LogP contribution in [0, 0.1) is 11.3 Å². The van der Waals surface area contributed by atoms with Crippen LogP contribution in [-0.2, 0) is 4.79 Å². The Hall–Kier alpha value is -0.530. The topological polar surface area (TPSA) is 37.3 Å². The minimum absolute atomic E-state index is 0.110. The molecule has 12 heavy (non-hydrogen) atoms. The van der Waals surface area contributed by atoms with Crippen LogP contribution in [0.4, 0.5) is 0 Å². The molecule has 0 spiro atoms. The molecule has 0 unspecified atom stereocenters. The zero-order valence-electron chi connectivity index (χ0n) is 8.55. The summed E-state index contributed by atoms with van der Waals surface area (Å²) in [4.78, 5) is 10.9. The van der Waals surface area contributed by atoms with Crippen LogP contribution in [0.5, 0.6) is 0 Å². The van der Waals surface area contributed by atoms with E-state index < -0.39 is 5.97 Å². The highest BCUT2D eigenvalue weighted by Gasteiger charge is 2.29. The Bertz CT molecular complexity index is 144. The maximum Gasteiger partial charge on any atom is 0.307 e. The van der Waals surface area contributed by atoms with Crippen molar-refractivity contribution in [2.45, 2.75) is 47.0 Å². The van der Waals surface area contributed by atoms with E-state index in [2.05, 4.69) is 6.92 Å². The second-order valence-corrected chi connectivity index (χ2v) is 4.40. The highest BCUT2D eigenvalue weighted by atomic mass is 16.4. The molecule has 0 aliphatic rings. The molecule has 0 fully saturated rings. The van der Waals surface area contributed by atoms with E-state index in [-0.39, 0.29) is 11.3 Å². The first kappa shape index (κ1) is 11.5. The Morgan fingerprint density at radius 3 is 2.17 bits per heavy atom. The summed E-state index contributed by atoms with van der Waals surface area (Å²) in [7, 11) is 0. The van der Waals surface area contributed by atoms with Crippen molar-refractivity contribution in [2.24, 2.45) is 11.3 Å². The van der Waals surface area contributed by atoms with Gasteiger partial charge in [0.15, 0.2) is 0 Å². The normalized spacial score (nSPS) is 14.3. The highest BCUT2D eigenvalue weighted by molar-refractivity contribution is 5.70. The molecule has 0 amide bonds. The lowest BCUT2D eigenvalue weighted by atomic mass is 9.78. The number of carboxylic acid groups (broad SMARTS) is 1. The number of unbranched alkanes of at least 4 members (excludes halogenated alkanes) is 1. The number of rotatable bonds is 4. The van der Waals surface area contributed by atoms with Crippen LogP contribution < -0.4 is 0 Å². The number of hydrogen-bond donors (Lipinski definition) is 1. The minimum Gasteiger partial charge on any atom is -0.481 e. The average Bonchev–Trinajstić information content (AvgIpc) is 1.84. The van der Waals surface area contributed by atoms with Gasteiger partial charge < -0.3 is 5.11 Å². The maximum absolute atomic E-state index is 10.9.